The van der Waals surface area contributed by atoms with E-state index in [4.69, 9.17) is 5.70 Å². The van der Waals surface area contributed by atoms with Crippen molar-refractivity contribution < 1.29 is 0 Å². The van der Waals surface area contributed by atoms with Gasteiger partial charge in [0.05, 0.1) is 0 Å². The van der Waals surface area contributed by atoms with Gasteiger partial charge in [-0.15, -0.1) is 0 Å². The van der Waals surface area contributed by atoms with Crippen molar-refractivity contribution in [3.8, 4) is 0 Å². The molecule has 2 radical (unpaired) electrons. The van der Waals surface area contributed by atoms with E-state index in [1.165, 1.54) is 0 Å². The Balaban J connectivity index is 4.86. The van der Waals surface area contributed by atoms with Crippen LogP contribution in [-0.4, -0.2) is 5.70 Å². The van der Waals surface area contributed by atoms with E-state index >= 15 is 0 Å². The van der Waals surface area contributed by atoms with Crippen LogP contribution in [0.15, 0.2) is 0 Å². The Bertz CT molecular complexity index is 266. The Kier molecular flexibility index (Phi) is 37.6. The molecule has 150 valence electrons. The third-order valence-electron chi connectivity index (χ3n) is 0.756. The molecule has 0 nitrogen and oxygen atoms in total. The normalized spacial score (nSPS) is 18.0. The molecule has 0 saturated heterocycles. The predicted molar refractivity (Wildman–Crippen MR) is 300 cm³/mol. The molecule has 0 aliphatic heterocycles. The van der Waals surface area contributed by atoms with E-state index in [9.17, 15) is 0 Å². The molecule has 0 aliphatic rings. The summed E-state index contributed by atoms with van der Waals surface area (Å²) in [5.74, 6) is 0. The fraction of sp³-hybridized carbons (Fsp3) is 0. The van der Waals surface area contributed by atoms with Gasteiger partial charge in [0.15, 0.2) is 0 Å². The number of hydrogen-bond acceptors (Lipinski definition) is 0. The molecule has 0 rings (SSSR count). The number of halogens is 21. The van der Waals surface area contributed by atoms with Crippen molar-refractivity contribution in [2.75, 3.05) is 0 Å². The van der Waals surface area contributed by atoms with Crippen LogP contribution in [-0.2, 0) is 0 Å². The Morgan fingerprint density at radius 1 is 0.364 bits per heavy atom. The first kappa shape index (κ1) is 37.4. The zero-order chi connectivity index (χ0) is 17.8. The monoisotopic (exact) mass is 2680 g/mol. The zero-order valence-electron chi connectivity index (χ0n) is 8.51. The van der Waals surface area contributed by atoms with Gasteiger partial charge in [0, 0.05) is 0 Å². The van der Waals surface area contributed by atoms with E-state index in [-0.39, 0.29) is 0 Å². The molecule has 0 aromatic carbocycles. The van der Waals surface area contributed by atoms with Crippen LogP contribution < -0.4 is 0 Å². The molecule has 0 spiro atoms. The summed E-state index contributed by atoms with van der Waals surface area (Å²) in [4.78, 5) is 0. The van der Waals surface area contributed by atoms with Crippen LogP contribution in [0.4, 0.5) is 0 Å². The summed E-state index contributed by atoms with van der Waals surface area (Å²) in [6.07, 6.45) is 0. The van der Waals surface area contributed by atoms with Gasteiger partial charge >= 0.3 is 293 Å². The van der Waals surface area contributed by atoms with Gasteiger partial charge in [0.1, 0.15) is 0 Å². The Hall–Kier alpha value is 15.4. The molecular weight excluding hydrogens is 2680 g/mol. The molecule has 0 N–H and O–H groups in total. The quantitative estimate of drug-likeness (QED) is 0.159. The Morgan fingerprint density at radius 2 is 0.591 bits per heavy atom. The van der Waals surface area contributed by atoms with Gasteiger partial charge in [-0.1, -0.05) is 0 Å². The van der Waals surface area contributed by atoms with Crippen LogP contribution in [0, 0.1) is 0 Å². The maximum absolute atomic E-state index is 6.44. The Labute approximate surface area is 277 Å². The minimum absolute atomic E-state index is 0.417. The summed E-state index contributed by atoms with van der Waals surface area (Å²) in [6, 6.07) is 0. The van der Waals surface area contributed by atoms with Crippen molar-refractivity contribution in [1.29, 1.82) is 0 Å². The van der Waals surface area contributed by atoms with Crippen molar-refractivity contribution >= 4 is 293 Å². The topological polar surface area (TPSA) is 0 Å². The summed E-state index contributed by atoms with van der Waals surface area (Å²) >= 11 is 32.3. The predicted octanol–water partition coefficient (Wildman–Crippen LogP) is 18.2. The molecule has 22 heavy (non-hydrogen) atoms. The Morgan fingerprint density at radius 3 is 0.818 bits per heavy atom. The second kappa shape index (κ2) is 22.1. The van der Waals surface area contributed by atoms with Crippen LogP contribution in [0.1, 0.15) is 0 Å². The van der Waals surface area contributed by atoms with Crippen molar-refractivity contribution in [2.45, 2.75) is 0 Å². The van der Waals surface area contributed by atoms with Crippen LogP contribution >= 0.6 is 287 Å². The van der Waals surface area contributed by atoms with E-state index in [2.05, 4.69) is 205 Å². The molecule has 0 saturated carbocycles. The van der Waals surface area contributed by atoms with E-state index in [1.54, 1.807) is 0 Å². The van der Waals surface area contributed by atoms with Gasteiger partial charge in [-0.05, 0) is 0 Å². The van der Waals surface area contributed by atoms with Crippen LogP contribution in [0.2, 0.25) is 0 Å². The minimum atomic E-state index is -0.917. The summed E-state index contributed by atoms with van der Waals surface area (Å²) in [5.41, 5.74) is 6.44. The van der Waals surface area contributed by atoms with Gasteiger partial charge in [-0.3, -0.25) is 0 Å². The molecule has 0 aromatic heterocycles. The molecule has 22 heteroatoms. The maximum atomic E-state index is 6.44. The van der Waals surface area contributed by atoms with Gasteiger partial charge in [-0.25, -0.2) is 0 Å². The van der Waals surface area contributed by atoms with Crippen molar-refractivity contribution in [2.24, 2.45) is 0 Å². The van der Waals surface area contributed by atoms with Crippen molar-refractivity contribution in [1.82, 2.24) is 0 Å². The summed E-state index contributed by atoms with van der Waals surface area (Å²) in [7, 11) is -4.33. The zero-order valence-corrected chi connectivity index (χ0v) is 53.8. The molecule has 0 atom stereocenters. The summed E-state index contributed by atoms with van der Waals surface area (Å²) in [6.45, 7) is 0. The first-order valence-corrected chi connectivity index (χ1v) is 130. The van der Waals surface area contributed by atoms with E-state index in [0.29, 0.717) is 0 Å². The molecule has 0 unspecified atom stereocenters. The second-order valence-electron chi connectivity index (χ2n) is 1.68. The SMILES string of the molecule is [B]I(I)I(I)I(I)I(I)I(I)I(I)I(I)I(I)I(I)I(I)I. The van der Waals surface area contributed by atoms with Gasteiger partial charge in [0.2, 0.25) is 0 Å². The molecule has 0 fully saturated rings. The third kappa shape index (κ3) is 15.9. The van der Waals surface area contributed by atoms with Gasteiger partial charge < -0.3 is 0 Å². The number of rotatable bonds is 9. The van der Waals surface area contributed by atoms with Gasteiger partial charge in [-0.2, -0.15) is 0 Å². The molecule has 0 aromatic rings. The molecular formula is BI21. The first-order valence-electron chi connectivity index (χ1n) is 3.08. The fourth-order valence-electron chi connectivity index (χ4n) is 0.255. The van der Waals surface area contributed by atoms with Crippen molar-refractivity contribution in [3.63, 3.8) is 0 Å². The molecule has 0 amide bonds. The van der Waals surface area contributed by atoms with Gasteiger partial charge in [0.25, 0.3) is 0 Å². The number of hydrogen-bond donors (Lipinski definition) is 0. The standard InChI is InChI=1S/BI21/c1-13(2)15(5)17(7)19(9)21(11)22(12)20(10)18(8)16(6)14(3)4. The molecule has 0 bridgehead atoms. The van der Waals surface area contributed by atoms with Crippen molar-refractivity contribution in [3.05, 3.63) is 0 Å². The molecule has 0 heterocycles. The van der Waals surface area contributed by atoms with Crippen LogP contribution in [0.3, 0.4) is 0 Å². The third-order valence-corrected chi connectivity index (χ3v) is 1420. The van der Waals surface area contributed by atoms with Crippen LogP contribution in [0.25, 0.3) is 0 Å². The molecule has 0 aliphatic carbocycles. The van der Waals surface area contributed by atoms with Crippen LogP contribution in [0.5, 0.6) is 0 Å². The fourth-order valence-corrected chi connectivity index (χ4v) is 3190. The summed E-state index contributed by atoms with van der Waals surface area (Å²) < 4.78 is 0. The average Bonchev–Trinajstić information content (AvgIpc) is 2.48. The second-order valence-corrected chi connectivity index (χ2v) is 464. The average molecular weight is 2680 g/mol. The van der Waals surface area contributed by atoms with E-state index in [0.717, 1.165) is 0 Å². The first-order chi connectivity index (χ1) is 9.93. The van der Waals surface area contributed by atoms with E-state index in [1.807, 2.05) is 0 Å². The summed E-state index contributed by atoms with van der Waals surface area (Å²) in [5, 5.41) is 0. The van der Waals surface area contributed by atoms with E-state index < -0.39 is 82.7 Å².